The lowest BCUT2D eigenvalue weighted by Gasteiger charge is -2.04. The molecule has 0 fully saturated rings. The van der Waals surface area contributed by atoms with E-state index in [0.717, 1.165) is 24.8 Å². The van der Waals surface area contributed by atoms with Crippen molar-refractivity contribution >= 4 is 49.6 Å². The van der Waals surface area contributed by atoms with Crippen LogP contribution in [0.15, 0.2) is 41.4 Å². The maximum Gasteiger partial charge on any atom is 0.114 e. The molecular formula is C11H6BrIN4. The highest BCUT2D eigenvalue weighted by atomic mass is 127. The summed E-state index contributed by atoms with van der Waals surface area (Å²) < 4.78 is 3.82. The average molecular weight is 401 g/mol. The predicted octanol–water partition coefficient (Wildman–Crippen LogP) is 3.18. The van der Waals surface area contributed by atoms with Gasteiger partial charge in [0.15, 0.2) is 0 Å². The zero-order valence-electron chi connectivity index (χ0n) is 8.51. The van der Waals surface area contributed by atoms with E-state index < -0.39 is 0 Å². The molecule has 3 heterocycles. The number of pyridine rings is 2. The monoisotopic (exact) mass is 400 g/mol. The second kappa shape index (κ2) is 4.34. The first-order valence-corrected chi connectivity index (χ1v) is 6.72. The third-order valence-corrected chi connectivity index (χ3v) is 3.31. The molecule has 0 aromatic carbocycles. The molecular weight excluding hydrogens is 395 g/mol. The standard InChI is InChI=1S/C11H6BrIN4/c12-7-3-9-11(15-4-7)10(1-2-14-9)17-6-8(13)5-16-17/h1-6H. The van der Waals surface area contributed by atoms with E-state index in [1.54, 1.807) is 12.4 Å². The number of hydrogen-bond acceptors (Lipinski definition) is 3. The molecule has 0 N–H and O–H groups in total. The van der Waals surface area contributed by atoms with Crippen molar-refractivity contribution < 1.29 is 0 Å². The van der Waals surface area contributed by atoms with E-state index in [2.05, 4.69) is 53.6 Å². The molecule has 0 unspecified atom stereocenters. The van der Waals surface area contributed by atoms with Gasteiger partial charge in [0, 0.05) is 23.1 Å². The van der Waals surface area contributed by atoms with Gasteiger partial charge >= 0.3 is 0 Å². The molecule has 4 nitrogen and oxygen atoms in total. The molecule has 3 rings (SSSR count). The van der Waals surface area contributed by atoms with Gasteiger partial charge in [0.1, 0.15) is 5.52 Å². The summed E-state index contributed by atoms with van der Waals surface area (Å²) in [6, 6.07) is 3.85. The van der Waals surface area contributed by atoms with Crippen LogP contribution in [0.1, 0.15) is 0 Å². The fourth-order valence-corrected chi connectivity index (χ4v) is 2.32. The third-order valence-electron chi connectivity index (χ3n) is 2.32. The van der Waals surface area contributed by atoms with E-state index in [1.165, 1.54) is 0 Å². The molecule has 17 heavy (non-hydrogen) atoms. The molecule has 0 aliphatic heterocycles. The Morgan fingerprint density at radius 2 is 2.12 bits per heavy atom. The van der Waals surface area contributed by atoms with Gasteiger partial charge < -0.3 is 0 Å². The Hall–Kier alpha value is -1.02. The van der Waals surface area contributed by atoms with E-state index in [0.29, 0.717) is 0 Å². The lowest BCUT2D eigenvalue weighted by atomic mass is 10.3. The van der Waals surface area contributed by atoms with E-state index in [-0.39, 0.29) is 0 Å². The normalized spacial score (nSPS) is 10.9. The Kier molecular flexibility index (Phi) is 2.83. The molecule has 3 aromatic rings. The number of hydrogen-bond donors (Lipinski definition) is 0. The number of aromatic nitrogens is 4. The summed E-state index contributed by atoms with van der Waals surface area (Å²) in [6.45, 7) is 0. The SMILES string of the molecule is Brc1cnc2c(-n3cc(I)cn3)ccnc2c1. The molecule has 0 amide bonds. The van der Waals surface area contributed by atoms with Crippen molar-refractivity contribution in [2.45, 2.75) is 0 Å². The number of halogens is 2. The van der Waals surface area contributed by atoms with E-state index >= 15 is 0 Å². The fraction of sp³-hybridized carbons (Fsp3) is 0. The van der Waals surface area contributed by atoms with Crippen LogP contribution in [-0.2, 0) is 0 Å². The van der Waals surface area contributed by atoms with Crippen LogP contribution in [0.4, 0.5) is 0 Å². The first-order valence-electron chi connectivity index (χ1n) is 4.85. The minimum atomic E-state index is 0.843. The molecule has 6 heteroatoms. The molecule has 0 bridgehead atoms. The topological polar surface area (TPSA) is 43.6 Å². The maximum atomic E-state index is 4.39. The van der Waals surface area contributed by atoms with Crippen LogP contribution in [0.3, 0.4) is 0 Å². The highest BCUT2D eigenvalue weighted by molar-refractivity contribution is 14.1. The maximum absolute atomic E-state index is 4.39. The van der Waals surface area contributed by atoms with Crippen molar-refractivity contribution in [3.8, 4) is 5.69 Å². The lowest BCUT2D eigenvalue weighted by Crippen LogP contribution is -1.97. The van der Waals surface area contributed by atoms with Crippen molar-refractivity contribution in [3.05, 3.63) is 45.0 Å². The zero-order valence-corrected chi connectivity index (χ0v) is 12.3. The Balaban J connectivity index is 2.30. The summed E-state index contributed by atoms with van der Waals surface area (Å²) in [4.78, 5) is 8.69. The minimum absolute atomic E-state index is 0.843. The Morgan fingerprint density at radius 3 is 2.88 bits per heavy atom. The number of nitrogens with zero attached hydrogens (tertiary/aromatic N) is 4. The number of rotatable bonds is 1. The minimum Gasteiger partial charge on any atom is -0.254 e. The van der Waals surface area contributed by atoms with Crippen LogP contribution in [-0.4, -0.2) is 19.7 Å². The van der Waals surface area contributed by atoms with Gasteiger partial charge in [0.25, 0.3) is 0 Å². The lowest BCUT2D eigenvalue weighted by molar-refractivity contribution is 0.883. The summed E-state index contributed by atoms with van der Waals surface area (Å²) in [5, 5.41) is 4.29. The summed E-state index contributed by atoms with van der Waals surface area (Å²) in [6.07, 6.45) is 7.30. The van der Waals surface area contributed by atoms with Gasteiger partial charge in [-0.2, -0.15) is 5.10 Å². The van der Waals surface area contributed by atoms with Crippen LogP contribution in [0.5, 0.6) is 0 Å². The molecule has 0 aliphatic carbocycles. The first kappa shape index (κ1) is 11.1. The van der Waals surface area contributed by atoms with Crippen molar-refractivity contribution in [3.63, 3.8) is 0 Å². The van der Waals surface area contributed by atoms with E-state index in [4.69, 9.17) is 0 Å². The Morgan fingerprint density at radius 1 is 1.24 bits per heavy atom. The Labute approximate surface area is 119 Å². The van der Waals surface area contributed by atoms with Gasteiger partial charge in [-0.05, 0) is 50.7 Å². The second-order valence-electron chi connectivity index (χ2n) is 3.45. The predicted molar refractivity (Wildman–Crippen MR) is 77.1 cm³/mol. The Bertz CT molecular complexity index is 695. The van der Waals surface area contributed by atoms with Crippen LogP contribution in [0.25, 0.3) is 16.7 Å². The highest BCUT2D eigenvalue weighted by Gasteiger charge is 2.06. The van der Waals surface area contributed by atoms with E-state index in [1.807, 2.05) is 29.2 Å². The molecule has 0 spiro atoms. The van der Waals surface area contributed by atoms with Gasteiger partial charge in [-0.15, -0.1) is 0 Å². The third kappa shape index (κ3) is 2.06. The summed E-state index contributed by atoms with van der Waals surface area (Å²) in [5.74, 6) is 0. The van der Waals surface area contributed by atoms with Crippen molar-refractivity contribution in [1.82, 2.24) is 19.7 Å². The zero-order chi connectivity index (χ0) is 11.8. The van der Waals surface area contributed by atoms with Gasteiger partial charge in [-0.1, -0.05) is 0 Å². The number of fused-ring (bicyclic) bond motifs is 1. The van der Waals surface area contributed by atoms with Gasteiger partial charge in [-0.25, -0.2) is 4.68 Å². The molecule has 0 radical (unpaired) electrons. The van der Waals surface area contributed by atoms with Gasteiger partial charge in [0.05, 0.1) is 21.0 Å². The highest BCUT2D eigenvalue weighted by Crippen LogP contribution is 2.21. The fourth-order valence-electron chi connectivity index (χ4n) is 1.61. The largest absolute Gasteiger partial charge is 0.254 e. The molecule has 0 aliphatic rings. The summed E-state index contributed by atoms with van der Waals surface area (Å²) in [7, 11) is 0. The van der Waals surface area contributed by atoms with Crippen molar-refractivity contribution in [2.75, 3.05) is 0 Å². The second-order valence-corrected chi connectivity index (χ2v) is 5.62. The summed E-state index contributed by atoms with van der Waals surface area (Å²) in [5.41, 5.74) is 2.63. The molecule has 0 saturated heterocycles. The first-order chi connectivity index (χ1) is 8.24. The molecule has 3 aromatic heterocycles. The molecule has 0 saturated carbocycles. The average Bonchev–Trinajstić information content (AvgIpc) is 2.74. The van der Waals surface area contributed by atoms with Crippen LogP contribution in [0, 0.1) is 3.57 Å². The van der Waals surface area contributed by atoms with Crippen molar-refractivity contribution in [1.29, 1.82) is 0 Å². The molecule has 0 atom stereocenters. The van der Waals surface area contributed by atoms with Gasteiger partial charge in [-0.3, -0.25) is 9.97 Å². The summed E-state index contributed by atoms with van der Waals surface area (Å²) >= 11 is 5.62. The smallest absolute Gasteiger partial charge is 0.114 e. The van der Waals surface area contributed by atoms with Gasteiger partial charge in [0.2, 0.25) is 0 Å². The van der Waals surface area contributed by atoms with Crippen LogP contribution < -0.4 is 0 Å². The van der Waals surface area contributed by atoms with E-state index in [9.17, 15) is 0 Å². The quantitative estimate of drug-likeness (QED) is 0.589. The van der Waals surface area contributed by atoms with Crippen LogP contribution in [0.2, 0.25) is 0 Å². The molecule has 84 valence electrons. The van der Waals surface area contributed by atoms with Crippen LogP contribution >= 0.6 is 38.5 Å². The van der Waals surface area contributed by atoms with Crippen molar-refractivity contribution in [2.24, 2.45) is 0 Å².